The quantitative estimate of drug-likeness (QED) is 0.816. The van der Waals surface area contributed by atoms with E-state index in [0.29, 0.717) is 10.2 Å². The van der Waals surface area contributed by atoms with Gasteiger partial charge in [-0.15, -0.1) is 10.2 Å². The van der Waals surface area contributed by atoms with E-state index >= 15 is 0 Å². The zero-order valence-corrected chi connectivity index (χ0v) is 13.9. The molecule has 0 bridgehead atoms. The van der Waals surface area contributed by atoms with Gasteiger partial charge in [-0.2, -0.15) is 0 Å². The van der Waals surface area contributed by atoms with E-state index in [-0.39, 0.29) is 4.90 Å². The van der Waals surface area contributed by atoms with Crippen LogP contribution in [-0.2, 0) is 21.2 Å². The van der Waals surface area contributed by atoms with Crippen molar-refractivity contribution < 1.29 is 13.2 Å². The molecule has 22 heavy (non-hydrogen) atoms. The Hall–Kier alpha value is -1.55. The molecule has 0 spiro atoms. The lowest BCUT2D eigenvalue weighted by atomic mass is 10.4. The van der Waals surface area contributed by atoms with Gasteiger partial charge in [0.1, 0.15) is 5.01 Å². The molecule has 0 saturated heterocycles. The Bertz CT molecular complexity index is 759. The summed E-state index contributed by atoms with van der Waals surface area (Å²) < 4.78 is 26.2. The first-order chi connectivity index (χ1) is 10.4. The first-order valence-corrected chi connectivity index (χ1v) is 8.96. The fourth-order valence-electron chi connectivity index (χ4n) is 1.47. The van der Waals surface area contributed by atoms with Gasteiger partial charge in [-0.05, 0) is 30.7 Å². The summed E-state index contributed by atoms with van der Waals surface area (Å²) in [6.07, 6.45) is 0.719. The van der Waals surface area contributed by atoms with Crippen molar-refractivity contribution in [2.45, 2.75) is 18.2 Å². The van der Waals surface area contributed by atoms with Crippen molar-refractivity contribution in [2.75, 3.05) is 11.9 Å². The van der Waals surface area contributed by atoms with Crippen molar-refractivity contribution in [3.8, 4) is 0 Å². The second-order valence-electron chi connectivity index (χ2n) is 4.18. The molecule has 0 unspecified atom stereocenters. The molecule has 0 aliphatic heterocycles. The molecule has 0 aliphatic carbocycles. The minimum absolute atomic E-state index is 0.0360. The maximum Gasteiger partial charge on any atom is 0.241 e. The number of aromatic nitrogens is 2. The zero-order chi connectivity index (χ0) is 16.2. The van der Waals surface area contributed by atoms with E-state index in [1.54, 1.807) is 0 Å². The van der Waals surface area contributed by atoms with E-state index in [0.717, 1.165) is 11.4 Å². The van der Waals surface area contributed by atoms with Crippen LogP contribution in [0.4, 0.5) is 5.13 Å². The number of hydrogen-bond donors (Lipinski definition) is 2. The Labute approximate surface area is 136 Å². The highest BCUT2D eigenvalue weighted by atomic mass is 35.5. The average molecular weight is 361 g/mol. The summed E-state index contributed by atoms with van der Waals surface area (Å²) in [6, 6.07) is 5.65. The molecule has 2 rings (SSSR count). The number of anilines is 1. The van der Waals surface area contributed by atoms with E-state index in [1.807, 2.05) is 6.92 Å². The van der Waals surface area contributed by atoms with Gasteiger partial charge in [0.2, 0.25) is 21.1 Å². The van der Waals surface area contributed by atoms with Gasteiger partial charge in [-0.25, -0.2) is 13.1 Å². The molecule has 0 fully saturated rings. The molecule has 2 N–H and O–H groups in total. The Morgan fingerprint density at radius 2 is 1.95 bits per heavy atom. The third kappa shape index (κ3) is 4.47. The Balaban J connectivity index is 1.93. The highest BCUT2D eigenvalue weighted by Crippen LogP contribution is 2.15. The summed E-state index contributed by atoms with van der Waals surface area (Å²) in [5.41, 5.74) is 0. The van der Waals surface area contributed by atoms with E-state index < -0.39 is 22.5 Å². The summed E-state index contributed by atoms with van der Waals surface area (Å²) in [5, 5.41) is 11.7. The molecule has 0 aliphatic rings. The summed E-state index contributed by atoms with van der Waals surface area (Å²) in [4.78, 5) is 11.8. The predicted molar refractivity (Wildman–Crippen MR) is 84.6 cm³/mol. The number of sulfonamides is 1. The third-order valence-electron chi connectivity index (χ3n) is 2.56. The van der Waals surface area contributed by atoms with Crippen LogP contribution in [0.15, 0.2) is 29.2 Å². The van der Waals surface area contributed by atoms with Gasteiger partial charge < -0.3 is 0 Å². The van der Waals surface area contributed by atoms with Crippen LogP contribution in [-0.4, -0.2) is 31.1 Å². The second kappa shape index (κ2) is 7.14. The van der Waals surface area contributed by atoms with Gasteiger partial charge in [-0.1, -0.05) is 29.9 Å². The van der Waals surface area contributed by atoms with E-state index in [2.05, 4.69) is 20.2 Å². The molecule has 1 aromatic heterocycles. The highest BCUT2D eigenvalue weighted by Gasteiger charge is 2.16. The number of amides is 1. The number of carbonyl (C=O) groups is 1. The minimum atomic E-state index is -3.77. The van der Waals surface area contributed by atoms with Gasteiger partial charge in [0.15, 0.2) is 0 Å². The van der Waals surface area contributed by atoms with Crippen LogP contribution in [0.25, 0.3) is 0 Å². The molecule has 0 radical (unpaired) electrons. The number of rotatable bonds is 6. The van der Waals surface area contributed by atoms with Crippen LogP contribution in [0.1, 0.15) is 11.9 Å². The molecule has 7 nitrogen and oxygen atoms in total. The van der Waals surface area contributed by atoms with Gasteiger partial charge in [0.25, 0.3) is 0 Å². The van der Waals surface area contributed by atoms with Crippen molar-refractivity contribution in [3.05, 3.63) is 34.3 Å². The first kappa shape index (κ1) is 16.8. The average Bonchev–Trinajstić information content (AvgIpc) is 2.93. The molecule has 2 aromatic rings. The van der Waals surface area contributed by atoms with Crippen LogP contribution < -0.4 is 10.0 Å². The van der Waals surface area contributed by atoms with Gasteiger partial charge in [0.05, 0.1) is 11.4 Å². The largest absolute Gasteiger partial charge is 0.299 e. The minimum Gasteiger partial charge on any atom is -0.299 e. The maximum absolute atomic E-state index is 12.0. The van der Waals surface area contributed by atoms with Crippen molar-refractivity contribution in [3.63, 3.8) is 0 Å². The number of nitrogens with one attached hydrogen (secondary N) is 2. The van der Waals surface area contributed by atoms with E-state index in [9.17, 15) is 13.2 Å². The van der Waals surface area contributed by atoms with Crippen LogP contribution >= 0.6 is 22.9 Å². The second-order valence-corrected chi connectivity index (χ2v) is 7.45. The molecule has 1 aromatic carbocycles. The fourth-order valence-corrected chi connectivity index (χ4v) is 3.27. The van der Waals surface area contributed by atoms with Crippen molar-refractivity contribution >= 4 is 44.0 Å². The van der Waals surface area contributed by atoms with Crippen LogP contribution in [0, 0.1) is 0 Å². The van der Waals surface area contributed by atoms with Gasteiger partial charge in [0, 0.05) is 5.02 Å². The lowest BCUT2D eigenvalue weighted by Gasteiger charge is -2.06. The number of halogens is 1. The molecule has 0 saturated carbocycles. The van der Waals surface area contributed by atoms with Crippen LogP contribution in [0.3, 0.4) is 0 Å². The number of nitrogens with zero attached hydrogens (tertiary/aromatic N) is 2. The summed E-state index contributed by atoms with van der Waals surface area (Å²) in [5.74, 6) is -0.517. The van der Waals surface area contributed by atoms with Crippen molar-refractivity contribution in [1.82, 2.24) is 14.9 Å². The number of aryl methyl sites for hydroxylation is 1. The SMILES string of the molecule is CCc1nnc(NC(=O)CNS(=O)(=O)c2ccc(Cl)cc2)s1. The molecule has 1 heterocycles. The summed E-state index contributed by atoms with van der Waals surface area (Å²) in [7, 11) is -3.77. The van der Waals surface area contributed by atoms with Crippen LogP contribution in [0.5, 0.6) is 0 Å². The molecule has 118 valence electrons. The smallest absolute Gasteiger partial charge is 0.241 e. The molecular weight excluding hydrogens is 348 g/mol. The van der Waals surface area contributed by atoms with Gasteiger partial charge >= 0.3 is 0 Å². The predicted octanol–water partition coefficient (Wildman–Crippen LogP) is 1.67. The molecule has 1 amide bonds. The molecular formula is C12H13ClN4O3S2. The van der Waals surface area contributed by atoms with Crippen molar-refractivity contribution in [1.29, 1.82) is 0 Å². The topological polar surface area (TPSA) is 101 Å². The molecule has 10 heteroatoms. The zero-order valence-electron chi connectivity index (χ0n) is 11.5. The monoisotopic (exact) mass is 360 g/mol. The van der Waals surface area contributed by atoms with E-state index in [1.165, 1.54) is 35.6 Å². The lowest BCUT2D eigenvalue weighted by molar-refractivity contribution is -0.115. The lowest BCUT2D eigenvalue weighted by Crippen LogP contribution is -2.32. The van der Waals surface area contributed by atoms with Crippen molar-refractivity contribution in [2.24, 2.45) is 0 Å². The van der Waals surface area contributed by atoms with E-state index in [4.69, 9.17) is 11.6 Å². The standard InChI is InChI=1S/C12H13ClN4O3S2/c1-2-11-16-17-12(21-11)15-10(18)7-14-22(19,20)9-5-3-8(13)4-6-9/h3-6,14H,2,7H2,1H3,(H,15,17,18). The number of hydrogen-bond acceptors (Lipinski definition) is 6. The first-order valence-electron chi connectivity index (χ1n) is 6.28. The fraction of sp³-hybridized carbons (Fsp3) is 0.250. The Morgan fingerprint density at radius 3 is 2.55 bits per heavy atom. The highest BCUT2D eigenvalue weighted by molar-refractivity contribution is 7.89. The van der Waals surface area contributed by atoms with Gasteiger partial charge in [-0.3, -0.25) is 10.1 Å². The normalized spacial score (nSPS) is 11.4. The molecule has 0 atom stereocenters. The Kier molecular flexibility index (Phi) is 5.46. The summed E-state index contributed by atoms with van der Waals surface area (Å²) in [6.45, 7) is 1.53. The number of benzene rings is 1. The van der Waals surface area contributed by atoms with Crippen LogP contribution in [0.2, 0.25) is 5.02 Å². The summed E-state index contributed by atoms with van der Waals surface area (Å²) >= 11 is 6.95. The third-order valence-corrected chi connectivity index (χ3v) is 5.21. The number of carbonyl (C=O) groups excluding carboxylic acids is 1. The maximum atomic E-state index is 12.0. The Morgan fingerprint density at radius 1 is 1.27 bits per heavy atom.